The molecule has 0 aliphatic carbocycles. The molecule has 1 aromatic heterocycles. The average molecular weight is 314 g/mol. The number of nitrogens with zero attached hydrogens (tertiary/aromatic N) is 3. The number of aryl methyl sites for hydroxylation is 1. The van der Waals surface area contributed by atoms with E-state index in [-0.39, 0.29) is 17.3 Å². The van der Waals surface area contributed by atoms with Gasteiger partial charge in [0.2, 0.25) is 5.28 Å². The second-order valence-corrected chi connectivity index (χ2v) is 4.80. The molecule has 0 bridgehead atoms. The summed E-state index contributed by atoms with van der Waals surface area (Å²) in [5.74, 6) is 0.454. The van der Waals surface area contributed by atoms with Gasteiger partial charge in [-0.3, -0.25) is 0 Å². The molecule has 7 heteroatoms. The summed E-state index contributed by atoms with van der Waals surface area (Å²) in [6.45, 7) is 4.40. The van der Waals surface area contributed by atoms with Gasteiger partial charge >= 0.3 is 12.0 Å². The molecular weight excluding hydrogens is 301 g/mol. The lowest BCUT2D eigenvalue weighted by Gasteiger charge is -2.08. The molecular formula is C13H13Cl2N3O2. The van der Waals surface area contributed by atoms with Gasteiger partial charge in [0.1, 0.15) is 5.75 Å². The van der Waals surface area contributed by atoms with E-state index in [9.17, 15) is 0 Å². The van der Waals surface area contributed by atoms with Crippen LogP contribution in [0.15, 0.2) is 18.2 Å². The van der Waals surface area contributed by atoms with Crippen LogP contribution < -0.4 is 9.47 Å². The SMILES string of the molecule is CCCOc1nc(Cl)nc(Oc2cc(C)ccc2Cl)n1. The van der Waals surface area contributed by atoms with Gasteiger partial charge in [0.25, 0.3) is 0 Å². The molecule has 2 aromatic rings. The van der Waals surface area contributed by atoms with Crippen LogP contribution in [0.1, 0.15) is 18.9 Å². The third kappa shape index (κ3) is 3.95. The van der Waals surface area contributed by atoms with Gasteiger partial charge in [-0.25, -0.2) is 0 Å². The van der Waals surface area contributed by atoms with Crippen LogP contribution in [-0.2, 0) is 0 Å². The van der Waals surface area contributed by atoms with E-state index in [2.05, 4.69) is 15.0 Å². The molecule has 0 saturated heterocycles. The Bertz CT molecular complexity index is 608. The minimum atomic E-state index is 0.00452. The monoisotopic (exact) mass is 313 g/mol. The number of ether oxygens (including phenoxy) is 2. The van der Waals surface area contributed by atoms with E-state index >= 15 is 0 Å². The fourth-order valence-corrected chi connectivity index (χ4v) is 1.71. The highest BCUT2D eigenvalue weighted by Gasteiger charge is 2.10. The lowest BCUT2D eigenvalue weighted by Crippen LogP contribution is -2.03. The molecule has 0 atom stereocenters. The smallest absolute Gasteiger partial charge is 0.329 e. The molecule has 2 rings (SSSR count). The van der Waals surface area contributed by atoms with Crippen molar-refractivity contribution >= 4 is 23.2 Å². The molecule has 1 heterocycles. The number of hydrogen-bond donors (Lipinski definition) is 0. The minimum Gasteiger partial charge on any atom is -0.463 e. The Morgan fingerprint density at radius 2 is 1.85 bits per heavy atom. The number of halogens is 2. The lowest BCUT2D eigenvalue weighted by molar-refractivity contribution is 0.284. The Morgan fingerprint density at radius 1 is 1.10 bits per heavy atom. The third-order valence-electron chi connectivity index (χ3n) is 2.29. The van der Waals surface area contributed by atoms with Crippen molar-refractivity contribution in [3.63, 3.8) is 0 Å². The van der Waals surface area contributed by atoms with Gasteiger partial charge in [-0.1, -0.05) is 24.6 Å². The van der Waals surface area contributed by atoms with Gasteiger partial charge in [0, 0.05) is 0 Å². The average Bonchev–Trinajstić information content (AvgIpc) is 2.40. The first-order valence-electron chi connectivity index (χ1n) is 6.07. The van der Waals surface area contributed by atoms with Gasteiger partial charge in [0.15, 0.2) is 0 Å². The van der Waals surface area contributed by atoms with Gasteiger partial charge in [-0.15, -0.1) is 4.98 Å². The van der Waals surface area contributed by atoms with Crippen molar-refractivity contribution in [3.05, 3.63) is 34.1 Å². The van der Waals surface area contributed by atoms with E-state index < -0.39 is 0 Å². The largest absolute Gasteiger partial charge is 0.463 e. The first-order chi connectivity index (χ1) is 9.58. The van der Waals surface area contributed by atoms with Gasteiger partial charge < -0.3 is 9.47 Å². The van der Waals surface area contributed by atoms with Crippen LogP contribution in [0.3, 0.4) is 0 Å². The molecule has 20 heavy (non-hydrogen) atoms. The molecule has 0 aliphatic heterocycles. The minimum absolute atomic E-state index is 0.00452. The van der Waals surface area contributed by atoms with Crippen LogP contribution in [0.5, 0.6) is 17.8 Å². The van der Waals surface area contributed by atoms with E-state index in [0.29, 0.717) is 17.4 Å². The zero-order chi connectivity index (χ0) is 14.5. The van der Waals surface area contributed by atoms with Crippen molar-refractivity contribution in [2.75, 3.05) is 6.61 Å². The van der Waals surface area contributed by atoms with E-state index in [1.54, 1.807) is 12.1 Å². The maximum absolute atomic E-state index is 6.05. The predicted octanol–water partition coefficient (Wildman–Crippen LogP) is 4.07. The fraction of sp³-hybridized carbons (Fsp3) is 0.308. The quantitative estimate of drug-likeness (QED) is 0.832. The van der Waals surface area contributed by atoms with Gasteiger partial charge in [-0.05, 0) is 42.6 Å². The number of benzene rings is 1. The zero-order valence-corrected chi connectivity index (χ0v) is 12.6. The second-order valence-electron chi connectivity index (χ2n) is 4.05. The van der Waals surface area contributed by atoms with E-state index in [4.69, 9.17) is 32.7 Å². The first-order valence-corrected chi connectivity index (χ1v) is 6.82. The molecule has 0 aliphatic rings. The number of rotatable bonds is 5. The Labute approximate surface area is 126 Å². The summed E-state index contributed by atoms with van der Waals surface area (Å²) in [5, 5.41) is 0.466. The zero-order valence-electron chi connectivity index (χ0n) is 11.1. The lowest BCUT2D eigenvalue weighted by atomic mass is 10.2. The molecule has 0 N–H and O–H groups in total. The summed E-state index contributed by atoms with van der Waals surface area (Å²) in [6.07, 6.45) is 0.837. The van der Waals surface area contributed by atoms with E-state index in [1.165, 1.54) is 0 Å². The standard InChI is InChI=1S/C13H13Cl2N3O2/c1-3-6-19-12-16-11(15)17-13(18-12)20-10-7-8(2)4-5-9(10)14/h4-5,7H,3,6H2,1-2H3. The van der Waals surface area contributed by atoms with Crippen molar-refractivity contribution in [3.8, 4) is 17.8 Å². The Kier molecular flexibility index (Phi) is 4.98. The Hall–Kier alpha value is -1.59. The molecule has 0 amide bonds. The van der Waals surface area contributed by atoms with Gasteiger partial charge in [-0.2, -0.15) is 9.97 Å². The van der Waals surface area contributed by atoms with Crippen molar-refractivity contribution < 1.29 is 9.47 Å². The van der Waals surface area contributed by atoms with Crippen LogP contribution in [0, 0.1) is 6.92 Å². The van der Waals surface area contributed by atoms with Crippen molar-refractivity contribution in [2.45, 2.75) is 20.3 Å². The van der Waals surface area contributed by atoms with Gasteiger partial charge in [0.05, 0.1) is 11.6 Å². The molecule has 1 aromatic carbocycles. The highest BCUT2D eigenvalue weighted by molar-refractivity contribution is 6.32. The molecule has 0 spiro atoms. The second kappa shape index (κ2) is 6.72. The highest BCUT2D eigenvalue weighted by atomic mass is 35.5. The molecule has 0 saturated carbocycles. The van der Waals surface area contributed by atoms with Crippen LogP contribution >= 0.6 is 23.2 Å². The Balaban J connectivity index is 2.24. The van der Waals surface area contributed by atoms with E-state index in [0.717, 1.165) is 12.0 Å². The summed E-state index contributed by atoms with van der Waals surface area (Å²) in [5.41, 5.74) is 1.01. The summed E-state index contributed by atoms with van der Waals surface area (Å²) in [6, 6.07) is 5.58. The summed E-state index contributed by atoms with van der Waals surface area (Å²) >= 11 is 11.9. The number of aromatic nitrogens is 3. The summed E-state index contributed by atoms with van der Waals surface area (Å²) in [7, 11) is 0. The van der Waals surface area contributed by atoms with Crippen molar-refractivity contribution in [1.29, 1.82) is 0 Å². The molecule has 0 radical (unpaired) electrons. The first kappa shape index (κ1) is 14.8. The molecule has 0 fully saturated rings. The molecule has 5 nitrogen and oxygen atoms in total. The fourth-order valence-electron chi connectivity index (χ4n) is 1.41. The summed E-state index contributed by atoms with van der Waals surface area (Å²) in [4.78, 5) is 11.8. The maximum Gasteiger partial charge on any atom is 0.329 e. The van der Waals surface area contributed by atoms with E-state index in [1.807, 2.05) is 19.9 Å². The van der Waals surface area contributed by atoms with Crippen molar-refractivity contribution in [2.24, 2.45) is 0 Å². The maximum atomic E-state index is 6.05. The summed E-state index contributed by atoms with van der Waals surface area (Å²) < 4.78 is 10.8. The van der Waals surface area contributed by atoms with Crippen LogP contribution in [0.2, 0.25) is 10.3 Å². The normalized spacial score (nSPS) is 10.4. The molecule has 0 unspecified atom stereocenters. The van der Waals surface area contributed by atoms with Crippen LogP contribution in [0.4, 0.5) is 0 Å². The molecule has 106 valence electrons. The van der Waals surface area contributed by atoms with Crippen LogP contribution in [0.25, 0.3) is 0 Å². The highest BCUT2D eigenvalue weighted by Crippen LogP contribution is 2.29. The topological polar surface area (TPSA) is 57.1 Å². The Morgan fingerprint density at radius 3 is 2.60 bits per heavy atom. The predicted molar refractivity (Wildman–Crippen MR) is 76.9 cm³/mol. The van der Waals surface area contributed by atoms with Crippen molar-refractivity contribution in [1.82, 2.24) is 15.0 Å². The number of hydrogen-bond acceptors (Lipinski definition) is 5. The van der Waals surface area contributed by atoms with Crippen LogP contribution in [-0.4, -0.2) is 21.6 Å². The third-order valence-corrected chi connectivity index (χ3v) is 2.77.